The highest BCUT2D eigenvalue weighted by atomic mass is 16.7. The number of hydrogen-bond donors (Lipinski definition) is 0. The molecule has 0 aromatic heterocycles. The monoisotopic (exact) mass is 446 g/mol. The number of Topliss-reactive ketones (excluding diaryl/α,β-unsaturated/α-hetero) is 2. The van der Waals surface area contributed by atoms with Crippen molar-refractivity contribution in [3.63, 3.8) is 0 Å². The molecule has 1 aliphatic rings. The Kier molecular flexibility index (Phi) is 11.3. The van der Waals surface area contributed by atoms with Gasteiger partial charge in [0.1, 0.15) is 12.6 Å². The Labute approximate surface area is 196 Å². The molecule has 4 nitrogen and oxygen atoms in total. The van der Waals surface area contributed by atoms with Gasteiger partial charge in [0.15, 0.2) is 5.78 Å². The maximum Gasteiger partial charge on any atom is 0.150 e. The van der Waals surface area contributed by atoms with Gasteiger partial charge in [-0.15, -0.1) is 6.58 Å². The van der Waals surface area contributed by atoms with Crippen molar-refractivity contribution in [2.24, 2.45) is 28.6 Å². The third-order valence-electron chi connectivity index (χ3n) is 7.18. The summed E-state index contributed by atoms with van der Waals surface area (Å²) >= 11 is 0. The summed E-state index contributed by atoms with van der Waals surface area (Å²) in [6.07, 6.45) is 9.45. The van der Waals surface area contributed by atoms with Gasteiger partial charge in [0, 0.05) is 18.9 Å². The third kappa shape index (κ3) is 6.29. The van der Waals surface area contributed by atoms with Gasteiger partial charge in [0.25, 0.3) is 0 Å². The summed E-state index contributed by atoms with van der Waals surface area (Å²) < 4.78 is 11.0. The van der Waals surface area contributed by atoms with Crippen molar-refractivity contribution in [3.05, 3.63) is 36.0 Å². The summed E-state index contributed by atoms with van der Waals surface area (Å²) in [6.45, 7) is 18.9. The molecule has 1 rings (SSSR count). The van der Waals surface area contributed by atoms with E-state index in [1.54, 1.807) is 13.2 Å². The van der Waals surface area contributed by atoms with E-state index in [2.05, 4.69) is 39.5 Å². The minimum Gasteiger partial charge on any atom is -0.359 e. The summed E-state index contributed by atoms with van der Waals surface area (Å²) in [6, 6.07) is 0. The van der Waals surface area contributed by atoms with Crippen molar-refractivity contribution in [2.75, 3.05) is 20.5 Å². The molecule has 0 aromatic carbocycles. The first-order chi connectivity index (χ1) is 15.0. The number of ketones is 2. The Morgan fingerprint density at radius 1 is 1.19 bits per heavy atom. The van der Waals surface area contributed by atoms with E-state index >= 15 is 0 Å². The number of allylic oxidation sites excluding steroid dienone is 5. The van der Waals surface area contributed by atoms with Gasteiger partial charge in [0.2, 0.25) is 0 Å². The minimum atomic E-state index is -1.09. The number of rotatable bonds is 13. The zero-order valence-electron chi connectivity index (χ0n) is 21.8. The number of hydrogen-bond acceptors (Lipinski definition) is 4. The van der Waals surface area contributed by atoms with Crippen LogP contribution in [-0.4, -0.2) is 32.1 Å². The second-order valence-corrected chi connectivity index (χ2v) is 10.4. The lowest BCUT2D eigenvalue weighted by Crippen LogP contribution is -2.62. The minimum absolute atomic E-state index is 0.0424. The predicted molar refractivity (Wildman–Crippen MR) is 132 cm³/mol. The van der Waals surface area contributed by atoms with E-state index in [-0.39, 0.29) is 36.1 Å². The first-order valence-corrected chi connectivity index (χ1v) is 12.0. The highest BCUT2D eigenvalue weighted by molar-refractivity contribution is 6.10. The van der Waals surface area contributed by atoms with Gasteiger partial charge in [0.05, 0.1) is 12.0 Å². The highest BCUT2D eigenvalue weighted by Crippen LogP contribution is 2.59. The highest BCUT2D eigenvalue weighted by Gasteiger charge is 2.64. The molecule has 1 aliphatic carbocycles. The first kappa shape index (κ1) is 28.5. The molecular weight excluding hydrogens is 400 g/mol. The molecule has 0 aromatic rings. The van der Waals surface area contributed by atoms with Gasteiger partial charge in [-0.2, -0.15) is 0 Å². The van der Waals surface area contributed by atoms with Crippen LogP contribution >= 0.6 is 0 Å². The van der Waals surface area contributed by atoms with Crippen LogP contribution in [0, 0.1) is 28.6 Å². The molecule has 4 heteroatoms. The van der Waals surface area contributed by atoms with Gasteiger partial charge in [-0.25, -0.2) is 0 Å². The van der Waals surface area contributed by atoms with Crippen molar-refractivity contribution in [1.82, 2.24) is 0 Å². The number of carbonyl (C=O) groups excluding carboxylic acids is 2. The van der Waals surface area contributed by atoms with Gasteiger partial charge in [-0.05, 0) is 71.1 Å². The molecule has 1 saturated carbocycles. The van der Waals surface area contributed by atoms with Crippen LogP contribution < -0.4 is 0 Å². The molecule has 0 spiro atoms. The lowest BCUT2D eigenvalue weighted by atomic mass is 9.44. The number of ether oxygens (including phenoxy) is 2. The van der Waals surface area contributed by atoms with Crippen molar-refractivity contribution in [3.8, 4) is 0 Å². The Balaban J connectivity index is 3.67. The normalized spacial score (nSPS) is 27.8. The fourth-order valence-electron chi connectivity index (χ4n) is 5.42. The molecule has 1 fully saturated rings. The molecule has 0 aliphatic heterocycles. The van der Waals surface area contributed by atoms with Gasteiger partial charge >= 0.3 is 0 Å². The molecule has 0 bridgehead atoms. The van der Waals surface area contributed by atoms with Crippen LogP contribution in [0.3, 0.4) is 0 Å². The largest absolute Gasteiger partial charge is 0.359 e. The summed E-state index contributed by atoms with van der Waals surface area (Å²) in [5.74, 6) is -0.221. The Morgan fingerprint density at radius 3 is 2.31 bits per heavy atom. The zero-order chi connectivity index (χ0) is 24.5. The summed E-state index contributed by atoms with van der Waals surface area (Å²) in [5.41, 5.74) is 0.818. The average molecular weight is 447 g/mol. The van der Waals surface area contributed by atoms with Crippen molar-refractivity contribution < 1.29 is 19.1 Å². The Bertz CT molecular complexity index is 709. The summed E-state index contributed by atoms with van der Waals surface area (Å²) in [5, 5.41) is 0. The van der Waals surface area contributed by atoms with Crippen LogP contribution in [0.2, 0.25) is 0 Å². The fourth-order valence-corrected chi connectivity index (χ4v) is 5.42. The molecule has 0 saturated heterocycles. The fraction of sp³-hybridized carbons (Fsp3) is 0.714. The van der Waals surface area contributed by atoms with Crippen LogP contribution in [0.5, 0.6) is 0 Å². The maximum atomic E-state index is 14.2. The SMILES string of the molecule is C=CC[C@]1(C(=O)C(C)C)C(=O)[C@H](CC=C(C)C)C[C@@H](COCOC)[C@]1(C)CCC=C(C)C. The first-order valence-electron chi connectivity index (χ1n) is 12.0. The van der Waals surface area contributed by atoms with Crippen LogP contribution in [-0.2, 0) is 19.1 Å². The maximum absolute atomic E-state index is 14.2. The second kappa shape index (κ2) is 12.6. The molecule has 0 amide bonds. The van der Waals surface area contributed by atoms with E-state index in [4.69, 9.17) is 9.47 Å². The molecule has 4 atom stereocenters. The molecule has 0 heterocycles. The summed E-state index contributed by atoms with van der Waals surface area (Å²) in [7, 11) is 1.61. The van der Waals surface area contributed by atoms with Gasteiger partial charge < -0.3 is 9.47 Å². The van der Waals surface area contributed by atoms with Crippen LogP contribution in [0.4, 0.5) is 0 Å². The molecule has 182 valence electrons. The van der Waals surface area contributed by atoms with Crippen molar-refractivity contribution in [1.29, 1.82) is 0 Å². The Hall–Kier alpha value is -1.52. The van der Waals surface area contributed by atoms with Crippen LogP contribution in [0.1, 0.15) is 80.6 Å². The average Bonchev–Trinajstić information content (AvgIpc) is 2.71. The van der Waals surface area contributed by atoms with Gasteiger partial charge in [-0.3, -0.25) is 9.59 Å². The predicted octanol–water partition coefficient (Wildman–Crippen LogP) is 6.71. The lowest BCUT2D eigenvalue weighted by molar-refractivity contribution is -0.173. The quantitative estimate of drug-likeness (QED) is 0.137. The van der Waals surface area contributed by atoms with E-state index in [9.17, 15) is 9.59 Å². The lowest BCUT2D eigenvalue weighted by Gasteiger charge is -2.56. The molecule has 0 radical (unpaired) electrons. The molecule has 0 unspecified atom stereocenters. The molecule has 32 heavy (non-hydrogen) atoms. The summed E-state index contributed by atoms with van der Waals surface area (Å²) in [4.78, 5) is 28.1. The smallest absolute Gasteiger partial charge is 0.150 e. The van der Waals surface area contributed by atoms with E-state index < -0.39 is 10.8 Å². The zero-order valence-corrected chi connectivity index (χ0v) is 21.8. The molecular formula is C28H46O4. The van der Waals surface area contributed by atoms with E-state index in [0.717, 1.165) is 19.3 Å². The van der Waals surface area contributed by atoms with E-state index in [0.29, 0.717) is 19.4 Å². The number of carbonyl (C=O) groups is 2. The topological polar surface area (TPSA) is 52.6 Å². The number of methoxy groups -OCH3 is 1. The molecule has 0 N–H and O–H groups in total. The third-order valence-corrected chi connectivity index (χ3v) is 7.18. The second-order valence-electron chi connectivity index (χ2n) is 10.4. The van der Waals surface area contributed by atoms with Crippen LogP contribution in [0.25, 0.3) is 0 Å². The van der Waals surface area contributed by atoms with Gasteiger partial charge in [-0.1, -0.05) is 50.1 Å². The standard InChI is InChI=1S/C28H46O4/c1-10-15-28(25(29)22(6)7)26(30)23(14-13-21(4)5)17-24(18-32-19-31-9)27(28,8)16-11-12-20(2)3/h10,12-13,22-24H,1,11,14-19H2,2-9H3/t23-,24+,27+,28+/m1/s1. The van der Waals surface area contributed by atoms with Crippen LogP contribution in [0.15, 0.2) is 36.0 Å². The van der Waals surface area contributed by atoms with Crippen molar-refractivity contribution in [2.45, 2.75) is 80.6 Å². The van der Waals surface area contributed by atoms with E-state index in [1.165, 1.54) is 11.1 Å². The Morgan fingerprint density at radius 2 is 1.81 bits per heavy atom. The van der Waals surface area contributed by atoms with Crippen molar-refractivity contribution >= 4 is 11.6 Å². The van der Waals surface area contributed by atoms with E-state index in [1.807, 2.05) is 27.7 Å².